The highest BCUT2D eigenvalue weighted by molar-refractivity contribution is 7.13. The Bertz CT molecular complexity index is 659. The van der Waals surface area contributed by atoms with Crippen molar-refractivity contribution in [3.05, 3.63) is 34.1 Å². The summed E-state index contributed by atoms with van der Waals surface area (Å²) in [6.07, 6.45) is 0.887. The molecule has 1 aromatic heterocycles. The molecule has 0 amide bonds. The molecule has 0 N–H and O–H groups in total. The number of hydrogen-bond donors (Lipinski definition) is 0. The van der Waals surface area contributed by atoms with Crippen molar-refractivity contribution in [2.75, 3.05) is 13.2 Å². The average Bonchev–Trinajstić information content (AvgIpc) is 2.97. The smallest absolute Gasteiger partial charge is 0.268 e. The van der Waals surface area contributed by atoms with Crippen LogP contribution >= 0.6 is 11.5 Å². The molecular formula is C12H10N2O2S. The first-order valence-corrected chi connectivity index (χ1v) is 6.20. The zero-order chi connectivity index (χ0) is 11.8. The molecule has 0 bridgehead atoms. The summed E-state index contributed by atoms with van der Waals surface area (Å²) < 4.78 is 8.01. The number of ether oxygens (including phenoxy) is 1. The van der Waals surface area contributed by atoms with Gasteiger partial charge in [-0.05, 0) is 24.6 Å². The number of hydrogen-bond acceptors (Lipinski definition) is 4. The Labute approximate surface area is 102 Å². The maximum absolute atomic E-state index is 12.2. The van der Waals surface area contributed by atoms with E-state index in [0.717, 1.165) is 17.7 Å². The van der Waals surface area contributed by atoms with E-state index in [4.69, 9.17) is 10.00 Å². The van der Waals surface area contributed by atoms with Crippen LogP contribution in [-0.2, 0) is 4.74 Å². The Kier molecular flexibility index (Phi) is 2.46. The van der Waals surface area contributed by atoms with Crippen molar-refractivity contribution in [3.8, 4) is 6.07 Å². The molecule has 0 saturated carbocycles. The van der Waals surface area contributed by atoms with Gasteiger partial charge in [0.1, 0.15) is 0 Å². The first-order chi connectivity index (χ1) is 8.29. The Morgan fingerprint density at radius 3 is 3.12 bits per heavy atom. The summed E-state index contributed by atoms with van der Waals surface area (Å²) in [5, 5.41) is 9.47. The van der Waals surface area contributed by atoms with Gasteiger partial charge in [0.2, 0.25) is 0 Å². The minimum absolute atomic E-state index is 0.00222. The van der Waals surface area contributed by atoms with E-state index < -0.39 is 0 Å². The van der Waals surface area contributed by atoms with Gasteiger partial charge in [0.25, 0.3) is 5.56 Å². The lowest BCUT2D eigenvalue weighted by Crippen LogP contribution is -2.19. The maximum atomic E-state index is 12.2. The Hall–Kier alpha value is -1.64. The van der Waals surface area contributed by atoms with E-state index in [1.807, 2.05) is 6.07 Å². The number of fused-ring (bicyclic) bond motifs is 1. The molecule has 1 aromatic carbocycles. The largest absolute Gasteiger partial charge is 0.379 e. The normalized spacial score (nSPS) is 19.6. The van der Waals surface area contributed by atoms with E-state index in [1.165, 1.54) is 11.5 Å². The molecule has 0 aliphatic carbocycles. The maximum Gasteiger partial charge on any atom is 0.268 e. The predicted molar refractivity (Wildman–Crippen MR) is 65.3 cm³/mol. The molecule has 17 heavy (non-hydrogen) atoms. The lowest BCUT2D eigenvalue weighted by Gasteiger charge is -2.05. The van der Waals surface area contributed by atoms with Crippen molar-refractivity contribution in [1.29, 1.82) is 5.26 Å². The second-order valence-electron chi connectivity index (χ2n) is 4.06. The Morgan fingerprint density at radius 2 is 2.41 bits per heavy atom. The SMILES string of the molecule is N#Cc1ccc2sn(C3CCOC3)c(=O)c2c1. The Morgan fingerprint density at radius 1 is 1.53 bits per heavy atom. The van der Waals surface area contributed by atoms with Crippen LogP contribution in [0.25, 0.3) is 10.1 Å². The van der Waals surface area contributed by atoms with Crippen LogP contribution in [0.15, 0.2) is 23.0 Å². The topological polar surface area (TPSA) is 55.0 Å². The van der Waals surface area contributed by atoms with Gasteiger partial charge in [0.15, 0.2) is 0 Å². The van der Waals surface area contributed by atoms with Gasteiger partial charge >= 0.3 is 0 Å². The highest BCUT2D eigenvalue weighted by Gasteiger charge is 2.21. The zero-order valence-corrected chi connectivity index (χ0v) is 9.87. The number of nitriles is 1. The quantitative estimate of drug-likeness (QED) is 0.772. The van der Waals surface area contributed by atoms with E-state index in [-0.39, 0.29) is 11.6 Å². The van der Waals surface area contributed by atoms with E-state index in [1.54, 1.807) is 16.1 Å². The van der Waals surface area contributed by atoms with Gasteiger partial charge in [-0.25, -0.2) is 0 Å². The van der Waals surface area contributed by atoms with Crippen molar-refractivity contribution in [2.24, 2.45) is 0 Å². The van der Waals surface area contributed by atoms with Gasteiger partial charge in [0, 0.05) is 6.61 Å². The van der Waals surface area contributed by atoms with Crippen molar-refractivity contribution >= 4 is 21.6 Å². The number of aromatic nitrogens is 1. The number of benzene rings is 1. The van der Waals surface area contributed by atoms with Gasteiger partial charge in [-0.1, -0.05) is 11.5 Å². The van der Waals surface area contributed by atoms with E-state index in [9.17, 15) is 4.79 Å². The second-order valence-corrected chi connectivity index (χ2v) is 5.08. The third kappa shape index (κ3) is 1.66. The van der Waals surface area contributed by atoms with Crippen LogP contribution < -0.4 is 5.56 Å². The van der Waals surface area contributed by atoms with Gasteiger partial charge in [-0.3, -0.25) is 8.75 Å². The minimum Gasteiger partial charge on any atom is -0.379 e. The van der Waals surface area contributed by atoms with Gasteiger partial charge in [0.05, 0.1) is 34.4 Å². The third-order valence-electron chi connectivity index (χ3n) is 2.97. The van der Waals surface area contributed by atoms with Gasteiger partial charge in [-0.15, -0.1) is 0 Å². The highest BCUT2D eigenvalue weighted by atomic mass is 32.1. The molecule has 1 saturated heterocycles. The summed E-state index contributed by atoms with van der Waals surface area (Å²) in [5.41, 5.74) is 0.528. The molecule has 2 aromatic rings. The molecule has 1 fully saturated rings. The van der Waals surface area contributed by atoms with Crippen LogP contribution in [0.4, 0.5) is 0 Å². The molecule has 1 unspecified atom stereocenters. The first kappa shape index (κ1) is 10.5. The fourth-order valence-electron chi connectivity index (χ4n) is 2.06. The van der Waals surface area contributed by atoms with E-state index in [0.29, 0.717) is 17.6 Å². The third-order valence-corrected chi connectivity index (χ3v) is 4.19. The van der Waals surface area contributed by atoms with Crippen molar-refractivity contribution < 1.29 is 4.74 Å². The second kappa shape index (κ2) is 3.99. The molecular weight excluding hydrogens is 236 g/mol. The first-order valence-electron chi connectivity index (χ1n) is 5.43. The summed E-state index contributed by atoms with van der Waals surface area (Å²) in [6, 6.07) is 7.47. The van der Waals surface area contributed by atoms with Crippen LogP contribution in [-0.4, -0.2) is 17.2 Å². The molecule has 2 heterocycles. The fraction of sp³-hybridized carbons (Fsp3) is 0.333. The van der Waals surface area contributed by atoms with Crippen LogP contribution in [0.3, 0.4) is 0 Å². The summed E-state index contributed by atoms with van der Waals surface area (Å²) in [4.78, 5) is 12.2. The molecule has 1 aliphatic rings. The van der Waals surface area contributed by atoms with Crippen LogP contribution in [0, 0.1) is 11.3 Å². The van der Waals surface area contributed by atoms with Crippen molar-refractivity contribution in [3.63, 3.8) is 0 Å². The van der Waals surface area contributed by atoms with Crippen molar-refractivity contribution in [1.82, 2.24) is 3.96 Å². The lowest BCUT2D eigenvalue weighted by atomic mass is 10.2. The standard InChI is InChI=1S/C12H10N2O2S/c13-6-8-1-2-11-10(5-8)12(15)14(17-11)9-3-4-16-7-9/h1-2,5,9H,3-4,7H2. The number of nitrogens with zero attached hydrogens (tertiary/aromatic N) is 2. The molecule has 4 nitrogen and oxygen atoms in total. The average molecular weight is 246 g/mol. The summed E-state index contributed by atoms with van der Waals surface area (Å²) in [6.45, 7) is 1.33. The fourth-order valence-corrected chi connectivity index (χ4v) is 3.14. The minimum atomic E-state index is -0.00222. The van der Waals surface area contributed by atoms with Gasteiger partial charge in [-0.2, -0.15) is 5.26 Å². The predicted octanol–water partition coefficient (Wildman–Crippen LogP) is 1.90. The number of rotatable bonds is 1. The molecule has 1 aliphatic heterocycles. The molecule has 3 rings (SSSR count). The molecule has 5 heteroatoms. The summed E-state index contributed by atoms with van der Waals surface area (Å²) in [7, 11) is 0. The molecule has 1 atom stereocenters. The van der Waals surface area contributed by atoms with Crippen LogP contribution in [0.1, 0.15) is 18.0 Å². The van der Waals surface area contributed by atoms with Crippen LogP contribution in [0.5, 0.6) is 0 Å². The van der Waals surface area contributed by atoms with E-state index in [2.05, 4.69) is 6.07 Å². The monoisotopic (exact) mass is 246 g/mol. The van der Waals surface area contributed by atoms with E-state index >= 15 is 0 Å². The molecule has 0 radical (unpaired) electrons. The lowest BCUT2D eigenvalue weighted by molar-refractivity contribution is 0.187. The molecule has 0 spiro atoms. The molecule has 86 valence electrons. The van der Waals surface area contributed by atoms with Crippen molar-refractivity contribution in [2.45, 2.75) is 12.5 Å². The summed E-state index contributed by atoms with van der Waals surface area (Å²) in [5.74, 6) is 0. The Balaban J connectivity index is 2.18. The summed E-state index contributed by atoms with van der Waals surface area (Å²) >= 11 is 1.46. The zero-order valence-electron chi connectivity index (χ0n) is 9.05. The highest BCUT2D eigenvalue weighted by Crippen LogP contribution is 2.25. The van der Waals surface area contributed by atoms with Gasteiger partial charge < -0.3 is 4.74 Å². The van der Waals surface area contributed by atoms with Crippen LogP contribution in [0.2, 0.25) is 0 Å².